The molecule has 1 fully saturated rings. The molecule has 6 rings (SSSR count). The van der Waals surface area contributed by atoms with Crippen LogP contribution in [0.4, 0.5) is 5.95 Å². The van der Waals surface area contributed by atoms with Gasteiger partial charge in [-0.3, -0.25) is 4.57 Å². The van der Waals surface area contributed by atoms with Crippen LogP contribution in [-0.2, 0) is 0 Å². The molecule has 1 unspecified atom stereocenters. The fourth-order valence-electron chi connectivity index (χ4n) is 4.78. The van der Waals surface area contributed by atoms with Gasteiger partial charge >= 0.3 is 0 Å². The van der Waals surface area contributed by atoms with Crippen molar-refractivity contribution in [3.05, 3.63) is 72.3 Å². The highest BCUT2D eigenvalue weighted by Crippen LogP contribution is 2.40. The van der Waals surface area contributed by atoms with Crippen LogP contribution >= 0.6 is 0 Å². The number of piperidine rings is 1. The van der Waals surface area contributed by atoms with E-state index in [-0.39, 0.29) is 6.04 Å². The number of anilines is 1. The molecule has 1 N–H and O–H groups in total. The van der Waals surface area contributed by atoms with Gasteiger partial charge in [-0.1, -0.05) is 36.4 Å². The summed E-state index contributed by atoms with van der Waals surface area (Å²) < 4.78 is 8.54. The Balaban J connectivity index is 1.40. The Bertz CT molecular complexity index is 1130. The average Bonchev–Trinajstić information content (AvgIpc) is 3.45. The molecule has 0 radical (unpaired) electrons. The van der Waals surface area contributed by atoms with E-state index in [1.807, 2.05) is 12.3 Å². The third-order valence-corrected chi connectivity index (χ3v) is 6.28. The third kappa shape index (κ3) is 2.70. The Kier molecular flexibility index (Phi) is 3.82. The Hall–Kier alpha value is -3.28. The zero-order valence-corrected chi connectivity index (χ0v) is 16.2. The fourth-order valence-corrected chi connectivity index (χ4v) is 4.78. The highest BCUT2D eigenvalue weighted by Gasteiger charge is 2.32. The third-order valence-electron chi connectivity index (χ3n) is 6.28. The molecule has 0 aliphatic carbocycles. The summed E-state index contributed by atoms with van der Waals surface area (Å²) in [5, 5.41) is 0. The van der Waals surface area contributed by atoms with Gasteiger partial charge in [0, 0.05) is 30.9 Å². The molecule has 2 aliphatic heterocycles. The van der Waals surface area contributed by atoms with Crippen LogP contribution in [0.5, 0.6) is 5.75 Å². The molecule has 6 heteroatoms. The number of ether oxygens (including phenoxy) is 1. The van der Waals surface area contributed by atoms with Crippen molar-refractivity contribution in [3.8, 4) is 5.75 Å². The summed E-state index contributed by atoms with van der Waals surface area (Å²) in [6.45, 7) is 2.61. The maximum absolute atomic E-state index is 6.14. The van der Waals surface area contributed by atoms with E-state index < -0.39 is 0 Å². The number of imidazole rings is 2. The number of para-hydroxylation sites is 1. The molecule has 0 bridgehead atoms. The van der Waals surface area contributed by atoms with Crippen molar-refractivity contribution >= 4 is 17.0 Å². The lowest BCUT2D eigenvalue weighted by Gasteiger charge is -2.35. The first kappa shape index (κ1) is 16.7. The SMILES string of the molecule is c1ccc(C2COc3cccc4nc(N5CCC(c6cnc[nH]6)CC5)n2c34)cc1. The van der Waals surface area contributed by atoms with Crippen molar-refractivity contribution in [2.45, 2.75) is 24.8 Å². The lowest BCUT2D eigenvalue weighted by Crippen LogP contribution is -2.36. The van der Waals surface area contributed by atoms with Crippen LogP contribution in [0.15, 0.2) is 61.1 Å². The van der Waals surface area contributed by atoms with Crippen molar-refractivity contribution in [2.24, 2.45) is 0 Å². The van der Waals surface area contributed by atoms with E-state index in [9.17, 15) is 0 Å². The van der Waals surface area contributed by atoms with Gasteiger partial charge in [0.2, 0.25) is 5.95 Å². The highest BCUT2D eigenvalue weighted by atomic mass is 16.5. The Labute approximate surface area is 169 Å². The van der Waals surface area contributed by atoms with Crippen LogP contribution in [0, 0.1) is 0 Å². The van der Waals surface area contributed by atoms with Crippen LogP contribution in [0.2, 0.25) is 0 Å². The van der Waals surface area contributed by atoms with E-state index in [1.165, 1.54) is 11.3 Å². The first-order valence-corrected chi connectivity index (χ1v) is 10.3. The largest absolute Gasteiger partial charge is 0.489 e. The monoisotopic (exact) mass is 385 g/mol. The van der Waals surface area contributed by atoms with Crippen molar-refractivity contribution in [2.75, 3.05) is 24.6 Å². The maximum atomic E-state index is 6.14. The molecule has 1 saturated heterocycles. The first-order valence-electron chi connectivity index (χ1n) is 10.3. The first-order chi connectivity index (χ1) is 14.4. The Morgan fingerprint density at radius 2 is 1.86 bits per heavy atom. The van der Waals surface area contributed by atoms with Crippen LogP contribution < -0.4 is 9.64 Å². The van der Waals surface area contributed by atoms with E-state index in [0.717, 1.165) is 48.7 Å². The molecule has 2 aromatic carbocycles. The number of hydrogen-bond donors (Lipinski definition) is 1. The zero-order chi connectivity index (χ0) is 19.2. The lowest BCUT2D eigenvalue weighted by atomic mass is 9.94. The Morgan fingerprint density at radius 1 is 1.00 bits per heavy atom. The number of nitrogens with zero attached hydrogens (tertiary/aromatic N) is 4. The molecule has 0 amide bonds. The minimum absolute atomic E-state index is 0.136. The van der Waals surface area contributed by atoms with E-state index >= 15 is 0 Å². The van der Waals surface area contributed by atoms with Crippen molar-refractivity contribution in [1.82, 2.24) is 19.5 Å². The number of aromatic amines is 1. The van der Waals surface area contributed by atoms with Crippen LogP contribution in [-0.4, -0.2) is 39.2 Å². The minimum Gasteiger partial charge on any atom is -0.489 e. The fraction of sp³-hybridized carbons (Fsp3) is 0.304. The minimum atomic E-state index is 0.136. The maximum Gasteiger partial charge on any atom is 0.207 e. The second-order valence-corrected chi connectivity index (χ2v) is 7.91. The molecule has 146 valence electrons. The summed E-state index contributed by atoms with van der Waals surface area (Å²) in [7, 11) is 0. The molecular formula is C23H23N5O. The van der Waals surface area contributed by atoms with Crippen LogP contribution in [0.3, 0.4) is 0 Å². The average molecular weight is 385 g/mol. The highest BCUT2D eigenvalue weighted by molar-refractivity contribution is 5.86. The number of hydrogen-bond acceptors (Lipinski definition) is 4. The van der Waals surface area contributed by atoms with E-state index in [1.54, 1.807) is 6.33 Å². The molecule has 0 spiro atoms. The normalized spacial score (nSPS) is 19.4. The van der Waals surface area contributed by atoms with E-state index in [0.29, 0.717) is 12.5 Å². The van der Waals surface area contributed by atoms with Gasteiger partial charge in [-0.25, -0.2) is 9.97 Å². The van der Waals surface area contributed by atoms with Gasteiger partial charge < -0.3 is 14.6 Å². The predicted octanol–water partition coefficient (Wildman–Crippen LogP) is 4.13. The quantitative estimate of drug-likeness (QED) is 0.576. The summed E-state index contributed by atoms with van der Waals surface area (Å²) in [6, 6.07) is 16.9. The van der Waals surface area contributed by atoms with E-state index in [4.69, 9.17) is 9.72 Å². The molecule has 29 heavy (non-hydrogen) atoms. The predicted molar refractivity (Wildman–Crippen MR) is 113 cm³/mol. The van der Waals surface area contributed by atoms with E-state index in [2.05, 4.69) is 61.9 Å². The van der Waals surface area contributed by atoms with Crippen LogP contribution in [0.25, 0.3) is 11.0 Å². The molecule has 0 saturated carbocycles. The lowest BCUT2D eigenvalue weighted by molar-refractivity contribution is 0.259. The number of aromatic nitrogens is 4. The molecule has 4 heterocycles. The number of rotatable bonds is 3. The molecule has 1 atom stereocenters. The second-order valence-electron chi connectivity index (χ2n) is 7.91. The molecule has 4 aromatic rings. The number of benzene rings is 2. The van der Waals surface area contributed by atoms with Gasteiger partial charge in [-0.2, -0.15) is 0 Å². The van der Waals surface area contributed by atoms with Crippen molar-refractivity contribution in [3.63, 3.8) is 0 Å². The van der Waals surface area contributed by atoms with Gasteiger partial charge in [-0.15, -0.1) is 0 Å². The van der Waals surface area contributed by atoms with Gasteiger partial charge in [-0.05, 0) is 30.5 Å². The summed E-state index contributed by atoms with van der Waals surface area (Å²) in [4.78, 5) is 15.0. The van der Waals surface area contributed by atoms with Crippen LogP contribution in [0.1, 0.15) is 36.1 Å². The topological polar surface area (TPSA) is 59.0 Å². The summed E-state index contributed by atoms with van der Waals surface area (Å²) in [6.07, 6.45) is 5.94. The summed E-state index contributed by atoms with van der Waals surface area (Å²) >= 11 is 0. The summed E-state index contributed by atoms with van der Waals surface area (Å²) in [5.41, 5.74) is 4.62. The molecule has 6 nitrogen and oxygen atoms in total. The Morgan fingerprint density at radius 3 is 2.66 bits per heavy atom. The van der Waals surface area contributed by atoms with Crippen molar-refractivity contribution in [1.29, 1.82) is 0 Å². The zero-order valence-electron chi connectivity index (χ0n) is 16.2. The van der Waals surface area contributed by atoms with Gasteiger partial charge in [0.05, 0.1) is 17.9 Å². The molecular weight excluding hydrogens is 362 g/mol. The molecule has 2 aromatic heterocycles. The standard InChI is InChI=1S/C23H23N5O/c1-2-5-17(6-3-1)20-14-29-21-8-4-7-18-22(21)28(20)23(26-18)27-11-9-16(10-12-27)19-13-24-15-25-19/h1-8,13,15-16,20H,9-12,14H2,(H,24,25). The van der Waals surface area contributed by atoms with Crippen molar-refractivity contribution < 1.29 is 4.74 Å². The molecule has 2 aliphatic rings. The second kappa shape index (κ2) is 6.65. The number of nitrogens with one attached hydrogen (secondary N) is 1. The number of H-pyrrole nitrogens is 1. The van der Waals surface area contributed by atoms with Gasteiger partial charge in [0.1, 0.15) is 17.9 Å². The smallest absolute Gasteiger partial charge is 0.207 e. The van der Waals surface area contributed by atoms with Gasteiger partial charge in [0.15, 0.2) is 0 Å². The summed E-state index contributed by atoms with van der Waals surface area (Å²) in [5.74, 6) is 2.54. The van der Waals surface area contributed by atoms with Gasteiger partial charge in [0.25, 0.3) is 0 Å².